The molecule has 14 heavy (non-hydrogen) atoms. The van der Waals surface area contributed by atoms with Crippen molar-refractivity contribution < 1.29 is 0 Å². The van der Waals surface area contributed by atoms with Crippen LogP contribution in [0, 0.1) is 3.57 Å². The molecule has 0 amide bonds. The molecule has 0 N–H and O–H groups in total. The van der Waals surface area contributed by atoms with E-state index < -0.39 is 0 Å². The highest BCUT2D eigenvalue weighted by atomic mass is 127. The van der Waals surface area contributed by atoms with Crippen molar-refractivity contribution in [2.45, 2.75) is 0 Å². The molecule has 0 radical (unpaired) electrons. The third kappa shape index (κ3) is 1.61. The number of benzene rings is 1. The summed E-state index contributed by atoms with van der Waals surface area (Å²) in [5.74, 6) is 0. The number of aromatic nitrogens is 1. The van der Waals surface area contributed by atoms with E-state index in [0.29, 0.717) is 0 Å². The molecule has 0 saturated heterocycles. The quantitative estimate of drug-likeness (QED) is 0.660. The van der Waals surface area contributed by atoms with E-state index in [1.807, 2.05) is 36.0 Å². The average Bonchev–Trinajstić information content (AvgIpc) is 2.14. The van der Waals surface area contributed by atoms with Crippen LogP contribution in [0.15, 0.2) is 33.7 Å². The van der Waals surface area contributed by atoms with Gasteiger partial charge in [-0.2, -0.15) is 0 Å². The molecule has 1 aromatic heterocycles. The number of pyridine rings is 1. The minimum absolute atomic E-state index is 0.0972. The lowest BCUT2D eigenvalue weighted by molar-refractivity contribution is 0.943. The summed E-state index contributed by atoms with van der Waals surface area (Å²) in [5.41, 5.74) is 1.05. The Morgan fingerprint density at radius 2 is 2.14 bits per heavy atom. The molecule has 2 nitrogen and oxygen atoms in total. The van der Waals surface area contributed by atoms with E-state index in [2.05, 4.69) is 38.5 Å². The van der Waals surface area contributed by atoms with Gasteiger partial charge >= 0.3 is 0 Å². The van der Waals surface area contributed by atoms with Crippen LogP contribution in [0.4, 0.5) is 0 Å². The minimum atomic E-state index is 0.0972. The lowest BCUT2D eigenvalue weighted by Gasteiger charge is -2.05. The number of hydrogen-bond acceptors (Lipinski definition) is 1. The number of aryl methyl sites for hydroxylation is 1. The molecule has 0 bridgehead atoms. The molecule has 72 valence electrons. The van der Waals surface area contributed by atoms with Crippen molar-refractivity contribution >= 4 is 49.4 Å². The fourth-order valence-electron chi connectivity index (χ4n) is 1.42. The summed E-state index contributed by atoms with van der Waals surface area (Å²) in [5, 5.41) is 0.758. The van der Waals surface area contributed by atoms with Crippen LogP contribution in [0.5, 0.6) is 0 Å². The summed E-state index contributed by atoms with van der Waals surface area (Å²) in [6.45, 7) is 0. The molecule has 4 heteroatoms. The van der Waals surface area contributed by atoms with E-state index in [1.165, 1.54) is 0 Å². The Balaban J connectivity index is 3.03. The Labute approximate surface area is 103 Å². The molecule has 0 unspecified atom stereocenters. The Kier molecular flexibility index (Phi) is 2.66. The van der Waals surface area contributed by atoms with E-state index in [4.69, 9.17) is 0 Å². The molecule has 1 aromatic carbocycles. The van der Waals surface area contributed by atoms with Gasteiger partial charge < -0.3 is 4.57 Å². The maximum Gasteiger partial charge on any atom is 0.202 e. The van der Waals surface area contributed by atoms with Gasteiger partial charge in [0.25, 0.3) is 0 Å². The summed E-state index contributed by atoms with van der Waals surface area (Å²) in [6.07, 6.45) is 1.85. The number of fused-ring (bicyclic) bond motifs is 1. The third-order valence-corrected chi connectivity index (χ3v) is 3.37. The molecule has 0 atom stereocenters. The largest absolute Gasteiger partial charge is 0.349 e. The molecule has 0 aliphatic carbocycles. The Morgan fingerprint density at radius 1 is 1.43 bits per heavy atom. The smallest absolute Gasteiger partial charge is 0.202 e. The number of halogens is 2. The lowest BCUT2D eigenvalue weighted by atomic mass is 10.2. The van der Waals surface area contributed by atoms with E-state index in [1.54, 1.807) is 0 Å². The molecule has 0 fully saturated rings. The number of hydrogen-bond donors (Lipinski definition) is 0. The van der Waals surface area contributed by atoms with Gasteiger partial charge in [-0.3, -0.25) is 4.79 Å². The number of rotatable bonds is 0. The van der Waals surface area contributed by atoms with Gasteiger partial charge in [-0.1, -0.05) is 15.9 Å². The third-order valence-electron chi connectivity index (χ3n) is 2.11. The second-order valence-electron chi connectivity index (χ2n) is 3.08. The molecule has 0 saturated carbocycles. The van der Waals surface area contributed by atoms with E-state index in [-0.39, 0.29) is 5.43 Å². The van der Waals surface area contributed by atoms with Crippen molar-refractivity contribution in [1.29, 1.82) is 0 Å². The van der Waals surface area contributed by atoms with Crippen LogP contribution in [-0.2, 0) is 7.05 Å². The minimum Gasteiger partial charge on any atom is -0.349 e. The zero-order valence-electron chi connectivity index (χ0n) is 7.42. The van der Waals surface area contributed by atoms with E-state index in [9.17, 15) is 4.79 Å². The van der Waals surface area contributed by atoms with Crippen molar-refractivity contribution in [2.24, 2.45) is 7.05 Å². The first-order valence-corrected chi connectivity index (χ1v) is 5.91. The molecular formula is C10H7BrINO. The standard InChI is InChI=1S/C10H7BrINO/c1-13-5-8(12)10(14)7-4-6(11)2-3-9(7)13/h2-5H,1H3. The monoisotopic (exact) mass is 363 g/mol. The molecule has 2 rings (SSSR count). The van der Waals surface area contributed by atoms with Gasteiger partial charge in [0, 0.05) is 23.1 Å². The predicted octanol–water partition coefficient (Wildman–Crippen LogP) is 2.91. The van der Waals surface area contributed by atoms with Gasteiger partial charge in [-0.05, 0) is 40.8 Å². The van der Waals surface area contributed by atoms with Crippen LogP contribution in [0.3, 0.4) is 0 Å². The summed E-state index contributed by atoms with van der Waals surface area (Å²) in [4.78, 5) is 11.8. The van der Waals surface area contributed by atoms with Crippen LogP contribution in [0.2, 0.25) is 0 Å². The first-order valence-electron chi connectivity index (χ1n) is 4.04. The Bertz CT molecular complexity index is 562. The van der Waals surface area contributed by atoms with Crippen LogP contribution < -0.4 is 5.43 Å². The first kappa shape index (κ1) is 10.2. The Hall–Kier alpha value is -0.360. The van der Waals surface area contributed by atoms with Gasteiger partial charge in [0.05, 0.1) is 9.09 Å². The van der Waals surface area contributed by atoms with Crippen LogP contribution in [-0.4, -0.2) is 4.57 Å². The molecular weight excluding hydrogens is 357 g/mol. The van der Waals surface area contributed by atoms with Crippen molar-refractivity contribution in [3.8, 4) is 0 Å². The van der Waals surface area contributed by atoms with Crippen molar-refractivity contribution in [3.05, 3.63) is 42.7 Å². The normalized spacial score (nSPS) is 10.8. The summed E-state index contributed by atoms with van der Waals surface area (Å²) < 4.78 is 3.64. The van der Waals surface area contributed by atoms with Crippen molar-refractivity contribution in [3.63, 3.8) is 0 Å². The highest BCUT2D eigenvalue weighted by Gasteiger charge is 2.04. The van der Waals surface area contributed by atoms with Gasteiger partial charge in [0.15, 0.2) is 0 Å². The summed E-state index contributed by atoms with van der Waals surface area (Å²) in [7, 11) is 1.94. The SMILES string of the molecule is Cn1cc(I)c(=O)c2cc(Br)ccc21. The summed E-state index contributed by atoms with van der Waals surface area (Å²) >= 11 is 5.43. The van der Waals surface area contributed by atoms with Gasteiger partial charge in [-0.15, -0.1) is 0 Å². The molecule has 0 aliphatic rings. The second-order valence-corrected chi connectivity index (χ2v) is 5.16. The molecule has 0 spiro atoms. The molecule has 2 aromatic rings. The average molecular weight is 364 g/mol. The highest BCUT2D eigenvalue weighted by molar-refractivity contribution is 14.1. The van der Waals surface area contributed by atoms with Crippen LogP contribution in [0.25, 0.3) is 10.9 Å². The maximum atomic E-state index is 11.8. The first-order chi connectivity index (χ1) is 6.59. The highest BCUT2D eigenvalue weighted by Crippen LogP contribution is 2.17. The van der Waals surface area contributed by atoms with Gasteiger partial charge in [0.2, 0.25) is 5.43 Å². The van der Waals surface area contributed by atoms with Crippen molar-refractivity contribution in [1.82, 2.24) is 4.57 Å². The maximum absolute atomic E-state index is 11.8. The van der Waals surface area contributed by atoms with Crippen LogP contribution >= 0.6 is 38.5 Å². The fraction of sp³-hybridized carbons (Fsp3) is 0.100. The van der Waals surface area contributed by atoms with Crippen LogP contribution in [0.1, 0.15) is 0 Å². The Morgan fingerprint density at radius 3 is 2.86 bits per heavy atom. The number of nitrogens with zero attached hydrogens (tertiary/aromatic N) is 1. The van der Waals surface area contributed by atoms with Gasteiger partial charge in [-0.25, -0.2) is 0 Å². The molecule has 0 aliphatic heterocycles. The van der Waals surface area contributed by atoms with E-state index >= 15 is 0 Å². The topological polar surface area (TPSA) is 22.0 Å². The zero-order chi connectivity index (χ0) is 10.3. The van der Waals surface area contributed by atoms with E-state index in [0.717, 1.165) is 18.9 Å². The zero-order valence-corrected chi connectivity index (χ0v) is 11.2. The van der Waals surface area contributed by atoms with Crippen molar-refractivity contribution in [2.75, 3.05) is 0 Å². The fourth-order valence-corrected chi connectivity index (χ4v) is 2.49. The second kappa shape index (κ2) is 3.66. The predicted molar refractivity (Wildman–Crippen MR) is 69.6 cm³/mol. The van der Waals surface area contributed by atoms with Gasteiger partial charge in [0.1, 0.15) is 0 Å². The molecule has 1 heterocycles. The lowest BCUT2D eigenvalue weighted by Crippen LogP contribution is -2.10. The summed E-state index contributed by atoms with van der Waals surface area (Å²) in [6, 6.07) is 5.74.